The lowest BCUT2D eigenvalue weighted by Crippen LogP contribution is -2.43. The van der Waals surface area contributed by atoms with Crippen molar-refractivity contribution >= 4 is 29.0 Å². The van der Waals surface area contributed by atoms with Crippen LogP contribution in [0.25, 0.3) is 0 Å². The number of benzene rings is 2. The van der Waals surface area contributed by atoms with E-state index in [9.17, 15) is 14.4 Å². The Balaban J connectivity index is 1.47. The zero-order chi connectivity index (χ0) is 18.1. The van der Waals surface area contributed by atoms with Crippen molar-refractivity contribution in [1.29, 1.82) is 0 Å². The van der Waals surface area contributed by atoms with Gasteiger partial charge < -0.3 is 15.0 Å². The largest absolute Gasteiger partial charge is 0.454 e. The average molecular weight is 350 g/mol. The second kappa shape index (κ2) is 6.63. The molecule has 4 rings (SSSR count). The van der Waals surface area contributed by atoms with Gasteiger partial charge in [0.2, 0.25) is 5.91 Å². The molecule has 0 aliphatic carbocycles. The minimum atomic E-state index is -0.588. The highest BCUT2D eigenvalue weighted by Gasteiger charge is 2.36. The summed E-state index contributed by atoms with van der Waals surface area (Å²) in [5.41, 5.74) is 2.33. The number of ether oxygens (including phenoxy) is 1. The molecule has 0 spiro atoms. The highest BCUT2D eigenvalue weighted by atomic mass is 16.5. The van der Waals surface area contributed by atoms with Crippen LogP contribution in [0.5, 0.6) is 0 Å². The van der Waals surface area contributed by atoms with Gasteiger partial charge in [0.15, 0.2) is 12.4 Å². The predicted octanol–water partition coefficient (Wildman–Crippen LogP) is 2.65. The number of nitrogens with one attached hydrogen (secondary N) is 1. The van der Waals surface area contributed by atoms with Gasteiger partial charge in [-0.1, -0.05) is 30.3 Å². The number of anilines is 2. The van der Waals surface area contributed by atoms with E-state index in [2.05, 4.69) is 10.2 Å². The van der Waals surface area contributed by atoms with E-state index in [0.717, 1.165) is 25.1 Å². The first-order valence-corrected chi connectivity index (χ1v) is 8.60. The lowest BCUT2D eigenvalue weighted by Gasteiger charge is -2.33. The maximum Gasteiger partial charge on any atom is 0.338 e. The first kappa shape index (κ1) is 16.3. The number of Topliss-reactive ketones (excluding diaryl/α,β-unsaturated/α-hetero) is 1. The molecule has 2 aliphatic heterocycles. The minimum absolute atomic E-state index is 0.0419. The second-order valence-corrected chi connectivity index (χ2v) is 6.44. The van der Waals surface area contributed by atoms with Crippen LogP contribution >= 0.6 is 0 Å². The molecule has 1 N–H and O–H groups in total. The lowest BCUT2D eigenvalue weighted by molar-refractivity contribution is -0.117. The summed E-state index contributed by atoms with van der Waals surface area (Å²) in [4.78, 5) is 38.6. The molecular formula is C20H18N2O4. The van der Waals surface area contributed by atoms with Crippen molar-refractivity contribution < 1.29 is 19.1 Å². The maximum atomic E-state index is 12.3. The lowest BCUT2D eigenvalue weighted by atomic mass is 10.1. The number of carbonyl (C=O) groups is 3. The van der Waals surface area contributed by atoms with Crippen molar-refractivity contribution in [3.63, 3.8) is 0 Å². The van der Waals surface area contributed by atoms with Gasteiger partial charge in [-0.25, -0.2) is 4.79 Å². The van der Waals surface area contributed by atoms with E-state index >= 15 is 0 Å². The molecule has 2 heterocycles. The highest BCUT2D eigenvalue weighted by molar-refractivity contribution is 6.06. The van der Waals surface area contributed by atoms with E-state index in [4.69, 9.17) is 4.74 Å². The van der Waals surface area contributed by atoms with Gasteiger partial charge in [0.25, 0.3) is 0 Å². The standard InChI is InChI=1S/C20H18N2O4/c23-18(13-5-2-1-3-6-13)12-26-20(25)14-8-9-16-15(11-14)21-19(24)17-7-4-10-22(16)17/h1-3,5-6,8-9,11,17H,4,7,10,12H2,(H,21,24)/t17-/m1/s1. The molecule has 0 unspecified atom stereocenters. The van der Waals surface area contributed by atoms with Gasteiger partial charge in [0.1, 0.15) is 6.04 Å². The van der Waals surface area contributed by atoms with Crippen LogP contribution in [0.2, 0.25) is 0 Å². The van der Waals surface area contributed by atoms with Gasteiger partial charge in [-0.15, -0.1) is 0 Å². The number of hydrogen-bond acceptors (Lipinski definition) is 5. The Morgan fingerprint density at radius 3 is 2.73 bits per heavy atom. The molecule has 6 heteroatoms. The summed E-state index contributed by atoms with van der Waals surface area (Å²) in [6.07, 6.45) is 1.82. The molecule has 2 aliphatic rings. The number of ketones is 1. The number of fused-ring (bicyclic) bond motifs is 3. The first-order chi connectivity index (χ1) is 12.6. The van der Waals surface area contributed by atoms with Gasteiger partial charge in [-0.2, -0.15) is 0 Å². The molecule has 0 radical (unpaired) electrons. The smallest absolute Gasteiger partial charge is 0.338 e. The van der Waals surface area contributed by atoms with E-state index in [1.807, 2.05) is 12.1 Å². The summed E-state index contributed by atoms with van der Waals surface area (Å²) in [7, 11) is 0. The molecule has 0 aromatic heterocycles. The Kier molecular flexibility index (Phi) is 4.16. The Morgan fingerprint density at radius 1 is 1.12 bits per heavy atom. The fourth-order valence-corrected chi connectivity index (χ4v) is 3.48. The van der Waals surface area contributed by atoms with Gasteiger partial charge in [-0.05, 0) is 31.0 Å². The van der Waals surface area contributed by atoms with Gasteiger partial charge in [-0.3, -0.25) is 9.59 Å². The summed E-state index contributed by atoms with van der Waals surface area (Å²) in [5.74, 6) is -0.889. The Hall–Kier alpha value is -3.15. The molecule has 6 nitrogen and oxygen atoms in total. The number of amides is 1. The van der Waals surface area contributed by atoms with Crippen LogP contribution in [0.1, 0.15) is 33.6 Å². The Bertz CT molecular complexity index is 879. The van der Waals surface area contributed by atoms with Crippen LogP contribution in [0.15, 0.2) is 48.5 Å². The van der Waals surface area contributed by atoms with E-state index in [0.29, 0.717) is 16.8 Å². The van der Waals surface area contributed by atoms with E-state index in [1.54, 1.807) is 36.4 Å². The zero-order valence-electron chi connectivity index (χ0n) is 14.1. The van der Waals surface area contributed by atoms with Crippen molar-refractivity contribution in [2.24, 2.45) is 0 Å². The molecule has 0 saturated carbocycles. The molecule has 26 heavy (non-hydrogen) atoms. The quantitative estimate of drug-likeness (QED) is 0.678. The Morgan fingerprint density at radius 2 is 1.92 bits per heavy atom. The summed E-state index contributed by atoms with van der Waals surface area (Å²) in [6, 6.07) is 13.7. The maximum absolute atomic E-state index is 12.3. The molecule has 1 amide bonds. The van der Waals surface area contributed by atoms with Gasteiger partial charge in [0.05, 0.1) is 16.9 Å². The molecule has 1 saturated heterocycles. The third kappa shape index (κ3) is 2.94. The zero-order valence-corrected chi connectivity index (χ0v) is 14.1. The molecule has 1 atom stereocenters. The fraction of sp³-hybridized carbons (Fsp3) is 0.250. The summed E-state index contributed by atoms with van der Waals surface area (Å²) >= 11 is 0. The normalized spacial score (nSPS) is 17.9. The van der Waals surface area contributed by atoms with Crippen LogP contribution in [0.3, 0.4) is 0 Å². The third-order valence-electron chi connectivity index (χ3n) is 4.79. The molecule has 0 bridgehead atoms. The van der Waals surface area contributed by atoms with Crippen LogP contribution in [0, 0.1) is 0 Å². The van der Waals surface area contributed by atoms with Gasteiger partial charge >= 0.3 is 5.97 Å². The number of hydrogen-bond donors (Lipinski definition) is 1. The second-order valence-electron chi connectivity index (χ2n) is 6.44. The average Bonchev–Trinajstić information content (AvgIpc) is 3.17. The topological polar surface area (TPSA) is 75.7 Å². The number of carbonyl (C=O) groups excluding carboxylic acids is 3. The molecular weight excluding hydrogens is 332 g/mol. The molecule has 132 valence electrons. The minimum Gasteiger partial charge on any atom is -0.454 e. The third-order valence-corrected chi connectivity index (χ3v) is 4.79. The molecule has 2 aromatic carbocycles. The summed E-state index contributed by atoms with van der Waals surface area (Å²) in [6.45, 7) is 0.515. The number of nitrogens with zero attached hydrogens (tertiary/aromatic N) is 1. The van der Waals surface area contributed by atoms with Crippen molar-refractivity contribution in [1.82, 2.24) is 0 Å². The Labute approximate surface area is 150 Å². The monoisotopic (exact) mass is 350 g/mol. The number of esters is 1. The highest BCUT2D eigenvalue weighted by Crippen LogP contribution is 2.37. The summed E-state index contributed by atoms with van der Waals surface area (Å²) in [5, 5.41) is 2.86. The number of rotatable bonds is 4. The molecule has 1 fully saturated rings. The van der Waals surface area contributed by atoms with Crippen molar-refractivity contribution in [3.05, 3.63) is 59.7 Å². The first-order valence-electron chi connectivity index (χ1n) is 8.60. The molecule has 2 aromatic rings. The van der Waals surface area contributed by atoms with Crippen molar-refractivity contribution in [3.8, 4) is 0 Å². The fourth-order valence-electron chi connectivity index (χ4n) is 3.48. The van der Waals surface area contributed by atoms with Crippen LogP contribution in [-0.2, 0) is 9.53 Å². The van der Waals surface area contributed by atoms with Crippen LogP contribution < -0.4 is 10.2 Å². The van der Waals surface area contributed by atoms with E-state index in [-0.39, 0.29) is 24.3 Å². The van der Waals surface area contributed by atoms with Crippen LogP contribution in [-0.4, -0.2) is 36.9 Å². The van der Waals surface area contributed by atoms with Crippen molar-refractivity contribution in [2.75, 3.05) is 23.4 Å². The van der Waals surface area contributed by atoms with Crippen LogP contribution in [0.4, 0.5) is 11.4 Å². The predicted molar refractivity (Wildman–Crippen MR) is 96.5 cm³/mol. The van der Waals surface area contributed by atoms with Crippen molar-refractivity contribution in [2.45, 2.75) is 18.9 Å². The summed E-state index contributed by atoms with van der Waals surface area (Å²) < 4.78 is 5.13. The van der Waals surface area contributed by atoms with Gasteiger partial charge in [0, 0.05) is 12.1 Å². The van der Waals surface area contributed by atoms with E-state index in [1.165, 1.54) is 0 Å². The SMILES string of the molecule is O=C(COC(=O)c1ccc2c(c1)NC(=O)[C@H]1CCCN21)c1ccccc1. The van der Waals surface area contributed by atoms with E-state index < -0.39 is 5.97 Å².